The molecule has 1 amide bonds. The van der Waals surface area contributed by atoms with Gasteiger partial charge in [0, 0.05) is 17.5 Å². The molecule has 2 aromatic heterocycles. The van der Waals surface area contributed by atoms with Crippen molar-refractivity contribution in [3.8, 4) is 11.1 Å². The highest BCUT2D eigenvalue weighted by Crippen LogP contribution is 2.33. The molecule has 0 bridgehead atoms. The number of halogens is 2. The number of anilines is 1. The Kier molecular flexibility index (Phi) is 7.01. The fraction of sp³-hybridized carbons (Fsp3) is 0.0870. The highest BCUT2D eigenvalue weighted by Gasteiger charge is 2.18. The summed E-state index contributed by atoms with van der Waals surface area (Å²) in [6, 6.07) is 14.7. The van der Waals surface area contributed by atoms with Gasteiger partial charge in [-0.15, -0.1) is 17.9 Å². The van der Waals surface area contributed by atoms with Crippen molar-refractivity contribution in [3.05, 3.63) is 87.0 Å². The van der Waals surface area contributed by atoms with Crippen molar-refractivity contribution < 1.29 is 4.79 Å². The van der Waals surface area contributed by atoms with Gasteiger partial charge in [0.15, 0.2) is 5.16 Å². The molecule has 2 aromatic carbocycles. The van der Waals surface area contributed by atoms with Crippen LogP contribution in [0.2, 0.25) is 10.0 Å². The highest BCUT2D eigenvalue weighted by atomic mass is 35.5. The largest absolute Gasteiger partial charge is 0.323 e. The number of amides is 1. The minimum absolute atomic E-state index is 0.0353. The number of hydrogen-bond acceptors (Lipinski definition) is 5. The Morgan fingerprint density at radius 3 is 2.56 bits per heavy atom. The van der Waals surface area contributed by atoms with Crippen LogP contribution in [0.3, 0.4) is 0 Å². The Morgan fingerprint density at radius 1 is 1.16 bits per heavy atom. The number of thiophene rings is 1. The number of aromatic nitrogens is 2. The molecule has 162 valence electrons. The Balaban J connectivity index is 1.64. The van der Waals surface area contributed by atoms with Crippen LogP contribution in [-0.4, -0.2) is 21.2 Å². The van der Waals surface area contributed by atoms with Gasteiger partial charge in [0.05, 0.1) is 26.9 Å². The van der Waals surface area contributed by atoms with E-state index in [4.69, 9.17) is 23.2 Å². The average Bonchev–Trinajstić information content (AvgIpc) is 3.22. The second-order valence-corrected chi connectivity index (χ2v) is 9.34. The van der Waals surface area contributed by atoms with Crippen LogP contribution < -0.4 is 10.9 Å². The Labute approximate surface area is 202 Å². The molecule has 0 aliphatic rings. The van der Waals surface area contributed by atoms with E-state index in [0.717, 1.165) is 11.1 Å². The number of nitrogens with one attached hydrogen (secondary N) is 1. The number of nitrogens with zero attached hydrogens (tertiary/aromatic N) is 2. The van der Waals surface area contributed by atoms with Gasteiger partial charge in [0.25, 0.3) is 5.56 Å². The van der Waals surface area contributed by atoms with Crippen LogP contribution in [0.15, 0.2) is 76.5 Å². The second kappa shape index (κ2) is 9.92. The monoisotopic (exact) mass is 501 g/mol. The maximum Gasteiger partial charge on any atom is 0.263 e. The lowest BCUT2D eigenvalue weighted by Crippen LogP contribution is -2.23. The van der Waals surface area contributed by atoms with Gasteiger partial charge in [0.1, 0.15) is 4.83 Å². The summed E-state index contributed by atoms with van der Waals surface area (Å²) < 4.78 is 1.54. The molecule has 0 unspecified atom stereocenters. The molecule has 2 heterocycles. The fourth-order valence-electron chi connectivity index (χ4n) is 3.16. The molecule has 9 heteroatoms. The lowest BCUT2D eigenvalue weighted by atomic mass is 10.1. The van der Waals surface area contributed by atoms with Gasteiger partial charge < -0.3 is 5.32 Å². The summed E-state index contributed by atoms with van der Waals surface area (Å²) in [5, 5.41) is 6.38. The summed E-state index contributed by atoms with van der Waals surface area (Å²) >= 11 is 14.8. The lowest BCUT2D eigenvalue weighted by molar-refractivity contribution is -0.113. The van der Waals surface area contributed by atoms with Gasteiger partial charge in [-0.2, -0.15) is 0 Å². The maximum absolute atomic E-state index is 13.4. The van der Waals surface area contributed by atoms with Crippen molar-refractivity contribution in [2.24, 2.45) is 0 Å². The molecule has 0 saturated heterocycles. The maximum atomic E-state index is 13.4. The van der Waals surface area contributed by atoms with Crippen molar-refractivity contribution in [1.29, 1.82) is 0 Å². The fourth-order valence-corrected chi connectivity index (χ4v) is 5.45. The van der Waals surface area contributed by atoms with E-state index in [1.807, 2.05) is 35.7 Å². The molecule has 5 nitrogen and oxygen atoms in total. The second-order valence-electron chi connectivity index (χ2n) is 6.73. The van der Waals surface area contributed by atoms with Crippen LogP contribution in [-0.2, 0) is 11.3 Å². The number of para-hydroxylation sites is 1. The summed E-state index contributed by atoms with van der Waals surface area (Å²) in [6.45, 7) is 4.04. The van der Waals surface area contributed by atoms with Gasteiger partial charge in [-0.1, -0.05) is 77.4 Å². The van der Waals surface area contributed by atoms with E-state index < -0.39 is 0 Å². The smallest absolute Gasteiger partial charge is 0.263 e. The molecular formula is C23H17Cl2N3O2S2. The molecular weight excluding hydrogens is 485 g/mol. The van der Waals surface area contributed by atoms with E-state index in [2.05, 4.69) is 16.9 Å². The number of fused-ring (bicyclic) bond motifs is 1. The van der Waals surface area contributed by atoms with Crippen LogP contribution in [0.1, 0.15) is 0 Å². The lowest BCUT2D eigenvalue weighted by Gasteiger charge is -2.12. The van der Waals surface area contributed by atoms with E-state index in [1.165, 1.54) is 27.7 Å². The molecule has 4 aromatic rings. The average molecular weight is 502 g/mol. The van der Waals surface area contributed by atoms with Gasteiger partial charge in [-0.05, 0) is 17.7 Å². The number of hydrogen-bond donors (Lipinski definition) is 1. The summed E-state index contributed by atoms with van der Waals surface area (Å²) in [4.78, 5) is 31.2. The Hall–Kier alpha value is -2.58. The van der Waals surface area contributed by atoms with Crippen LogP contribution in [0.25, 0.3) is 21.3 Å². The Bertz CT molecular complexity index is 1350. The van der Waals surface area contributed by atoms with Gasteiger partial charge >= 0.3 is 0 Å². The number of benzene rings is 2. The predicted octanol–water partition coefficient (Wildman–Crippen LogP) is 6.35. The number of thioether (sulfide) groups is 1. The topological polar surface area (TPSA) is 64.0 Å². The first-order chi connectivity index (χ1) is 15.5. The van der Waals surface area contributed by atoms with E-state index in [0.29, 0.717) is 31.1 Å². The van der Waals surface area contributed by atoms with Crippen LogP contribution in [0, 0.1) is 0 Å². The molecule has 4 rings (SSSR count). The zero-order valence-electron chi connectivity index (χ0n) is 16.7. The number of carbonyl (C=O) groups excluding carboxylic acids is 1. The first-order valence-electron chi connectivity index (χ1n) is 9.54. The van der Waals surface area contributed by atoms with Gasteiger partial charge in [-0.3, -0.25) is 14.2 Å². The standard InChI is InChI=1S/C23H17Cl2N3O2S2/c1-2-11-28-22(30)19-15(14-7-4-3-5-8-14)12-31-21(19)27-23(28)32-13-18(29)26-20-16(24)9-6-10-17(20)25/h2-10,12H,1,11,13H2,(H,26,29). The van der Waals surface area contributed by atoms with Crippen molar-refractivity contribution >= 4 is 68.1 Å². The first-order valence-corrected chi connectivity index (χ1v) is 12.2. The van der Waals surface area contributed by atoms with E-state index in [9.17, 15) is 9.59 Å². The van der Waals surface area contributed by atoms with E-state index >= 15 is 0 Å². The molecule has 0 fully saturated rings. The first kappa shape index (κ1) is 22.6. The van der Waals surface area contributed by atoms with E-state index in [1.54, 1.807) is 24.3 Å². The molecule has 32 heavy (non-hydrogen) atoms. The van der Waals surface area contributed by atoms with Gasteiger partial charge in [0.2, 0.25) is 5.91 Å². The number of rotatable bonds is 7. The SMILES string of the molecule is C=CCn1c(SCC(=O)Nc2c(Cl)cccc2Cl)nc2scc(-c3ccccc3)c2c1=O. The Morgan fingerprint density at radius 2 is 1.88 bits per heavy atom. The van der Waals surface area contributed by atoms with Crippen LogP contribution in [0.5, 0.6) is 0 Å². The third kappa shape index (κ3) is 4.61. The van der Waals surface area contributed by atoms with E-state index in [-0.39, 0.29) is 23.8 Å². The molecule has 0 spiro atoms. The highest BCUT2D eigenvalue weighted by molar-refractivity contribution is 7.99. The van der Waals surface area contributed by atoms with Crippen LogP contribution >= 0.6 is 46.3 Å². The molecule has 0 radical (unpaired) electrons. The molecule has 0 aliphatic heterocycles. The van der Waals surface area contributed by atoms with Crippen molar-refractivity contribution in [3.63, 3.8) is 0 Å². The minimum atomic E-state index is -0.305. The van der Waals surface area contributed by atoms with Gasteiger partial charge in [-0.25, -0.2) is 4.98 Å². The minimum Gasteiger partial charge on any atom is -0.323 e. The predicted molar refractivity (Wildman–Crippen MR) is 135 cm³/mol. The van der Waals surface area contributed by atoms with Crippen LogP contribution in [0.4, 0.5) is 5.69 Å². The summed E-state index contributed by atoms with van der Waals surface area (Å²) in [6.07, 6.45) is 1.64. The summed E-state index contributed by atoms with van der Waals surface area (Å²) in [5.74, 6) is -0.270. The molecule has 0 aliphatic carbocycles. The molecule has 0 atom stereocenters. The quantitative estimate of drug-likeness (QED) is 0.182. The zero-order valence-corrected chi connectivity index (χ0v) is 19.8. The van der Waals surface area contributed by atoms with Crippen molar-refractivity contribution in [1.82, 2.24) is 9.55 Å². The molecule has 1 N–H and O–H groups in total. The summed E-state index contributed by atoms with van der Waals surface area (Å²) in [5.41, 5.74) is 2.01. The molecule has 0 saturated carbocycles. The van der Waals surface area contributed by atoms with Crippen molar-refractivity contribution in [2.45, 2.75) is 11.7 Å². The zero-order chi connectivity index (χ0) is 22.7. The normalized spacial score (nSPS) is 10.9. The summed E-state index contributed by atoms with van der Waals surface area (Å²) in [7, 11) is 0. The number of allylic oxidation sites excluding steroid dienone is 1. The number of carbonyl (C=O) groups is 1. The third-order valence-electron chi connectivity index (χ3n) is 4.61. The van der Waals surface area contributed by atoms with Crippen molar-refractivity contribution in [2.75, 3.05) is 11.1 Å². The third-order valence-corrected chi connectivity index (χ3v) is 7.09.